The Hall–Kier alpha value is -2.58. The van der Waals surface area contributed by atoms with Crippen molar-refractivity contribution in [2.75, 3.05) is 11.1 Å². The van der Waals surface area contributed by atoms with E-state index in [2.05, 4.69) is 5.32 Å². The summed E-state index contributed by atoms with van der Waals surface area (Å²) in [5.41, 5.74) is 4.58. The van der Waals surface area contributed by atoms with E-state index in [0.717, 1.165) is 18.2 Å². The van der Waals surface area contributed by atoms with E-state index in [1.54, 1.807) is 6.07 Å². The molecule has 0 aromatic heterocycles. The van der Waals surface area contributed by atoms with Gasteiger partial charge in [-0.2, -0.15) is 16.8 Å². The molecule has 0 radical (unpaired) electrons. The molecule has 0 saturated carbocycles. The summed E-state index contributed by atoms with van der Waals surface area (Å²) in [6, 6.07) is 11.6. The predicted octanol–water partition coefficient (Wildman–Crippen LogP) is -0.602. The van der Waals surface area contributed by atoms with Crippen molar-refractivity contribution < 1.29 is 66.5 Å². The van der Waals surface area contributed by atoms with Gasteiger partial charge in [0.05, 0.1) is 27.4 Å². The van der Waals surface area contributed by atoms with Gasteiger partial charge < -0.3 is 12.5 Å². The van der Waals surface area contributed by atoms with Gasteiger partial charge in [0.2, 0.25) is 0 Å². The van der Waals surface area contributed by atoms with Crippen LogP contribution in [0, 0.1) is 0 Å². The van der Waals surface area contributed by atoms with E-state index in [4.69, 9.17) is 5.73 Å². The third-order valence-electron chi connectivity index (χ3n) is 4.89. The van der Waals surface area contributed by atoms with Gasteiger partial charge in [-0.05, 0) is 24.3 Å². The van der Waals surface area contributed by atoms with Gasteiger partial charge in [0, 0.05) is 16.8 Å². The molecule has 0 spiro atoms. The van der Waals surface area contributed by atoms with Gasteiger partial charge in [-0.3, -0.25) is 18.7 Å². The minimum atomic E-state index is -4.90. The molecule has 0 saturated heterocycles. The summed E-state index contributed by atoms with van der Waals surface area (Å²) in [6.07, 6.45) is 0. The molecule has 4 rings (SSSR count). The van der Waals surface area contributed by atoms with Crippen LogP contribution in [0.2, 0.25) is 0 Å². The van der Waals surface area contributed by atoms with Crippen molar-refractivity contribution in [1.29, 1.82) is 0 Å². The van der Waals surface area contributed by atoms with Crippen molar-refractivity contribution in [2.24, 2.45) is 0 Å². The molecule has 33 heavy (non-hydrogen) atoms. The van der Waals surface area contributed by atoms with Gasteiger partial charge in [-0.25, -0.2) is 0 Å². The number of nitrogen functional groups attached to an aromatic ring is 1. The number of carbonyl (C=O) groups is 2. The molecule has 3 aromatic rings. The molecule has 5 N–H and O–H groups in total. The third kappa shape index (κ3) is 4.46. The molecule has 3 aromatic carbocycles. The topological polar surface area (TPSA) is 181 Å². The van der Waals surface area contributed by atoms with Crippen molar-refractivity contribution in [1.82, 2.24) is 0 Å². The fourth-order valence-electron chi connectivity index (χ4n) is 3.50. The first-order chi connectivity index (χ1) is 14.9. The second-order valence-electron chi connectivity index (χ2n) is 6.89. The molecule has 0 atom stereocenters. The molecule has 13 heteroatoms. The molecule has 0 fully saturated rings. The maximum Gasteiger partial charge on any atom is 1.00 e. The second-order valence-corrected chi connectivity index (χ2v) is 9.70. The Morgan fingerprint density at radius 1 is 0.788 bits per heavy atom. The zero-order chi connectivity index (χ0) is 23.4. The Labute approximate surface area is 212 Å². The average Bonchev–Trinajstić information content (AvgIpc) is 2.71. The van der Waals surface area contributed by atoms with Crippen LogP contribution in [0.25, 0.3) is 0 Å². The maximum atomic E-state index is 13.2. The fourth-order valence-corrected chi connectivity index (χ4v) is 4.67. The van der Waals surface area contributed by atoms with Crippen LogP contribution in [0.1, 0.15) is 33.3 Å². The van der Waals surface area contributed by atoms with E-state index in [-0.39, 0.29) is 59.0 Å². The zero-order valence-electron chi connectivity index (χ0n) is 17.9. The smallest absolute Gasteiger partial charge is 1.00 e. The molecule has 0 heterocycles. The van der Waals surface area contributed by atoms with Gasteiger partial charge in [-0.1, -0.05) is 30.3 Å². The number of fused-ring (bicyclic) bond motifs is 2. The molecule has 0 bridgehead atoms. The molecule has 166 valence electrons. The van der Waals surface area contributed by atoms with Gasteiger partial charge in [0.15, 0.2) is 11.6 Å². The maximum absolute atomic E-state index is 13.2. The van der Waals surface area contributed by atoms with Gasteiger partial charge >= 0.3 is 29.6 Å². The Morgan fingerprint density at radius 3 is 1.91 bits per heavy atom. The van der Waals surface area contributed by atoms with Gasteiger partial charge in [0.1, 0.15) is 4.90 Å². The summed E-state index contributed by atoms with van der Waals surface area (Å²) in [5.74, 6) is -1.34. The first-order valence-corrected chi connectivity index (χ1v) is 11.7. The van der Waals surface area contributed by atoms with Gasteiger partial charge in [0.25, 0.3) is 20.2 Å². The molecular weight excluding hydrogens is 483 g/mol. The Kier molecular flexibility index (Phi) is 6.56. The van der Waals surface area contributed by atoms with E-state index in [9.17, 15) is 35.5 Å². The van der Waals surface area contributed by atoms with E-state index >= 15 is 0 Å². The van der Waals surface area contributed by atoms with Crippen LogP contribution in [0.3, 0.4) is 0 Å². The summed E-state index contributed by atoms with van der Waals surface area (Å²) in [7, 11) is -9.45. The first kappa shape index (κ1) is 25.1. The van der Waals surface area contributed by atoms with Crippen LogP contribution in [0.5, 0.6) is 0 Å². The number of hydrogen-bond donors (Lipinski definition) is 4. The fraction of sp³-hybridized carbons (Fsp3) is 0. The van der Waals surface area contributed by atoms with E-state index in [1.165, 1.54) is 30.3 Å². The number of rotatable bonds is 4. The largest absolute Gasteiger partial charge is 1.00 e. The number of carbonyl (C=O) groups excluding carboxylic acids is 2. The number of benzene rings is 3. The number of anilines is 3. The van der Waals surface area contributed by atoms with E-state index in [1.807, 2.05) is 0 Å². The molecule has 10 nitrogen and oxygen atoms in total. The zero-order valence-corrected chi connectivity index (χ0v) is 20.6. The van der Waals surface area contributed by atoms with Crippen molar-refractivity contribution >= 4 is 48.9 Å². The SMILES string of the molecule is Nc1c(S(=O)(=O)O)cc(Nc2cccc(S(=O)(=O)O)c2)c2c1C(=O)c1ccccc1C2=O.[H-].[Na+]. The summed E-state index contributed by atoms with van der Waals surface area (Å²) in [4.78, 5) is 25.0. The van der Waals surface area contributed by atoms with Crippen molar-refractivity contribution in [3.8, 4) is 0 Å². The summed E-state index contributed by atoms with van der Waals surface area (Å²) in [5, 5.41) is 2.69. The molecule has 0 unspecified atom stereocenters. The molecule has 1 aliphatic rings. The van der Waals surface area contributed by atoms with Crippen LogP contribution in [0.15, 0.2) is 64.4 Å². The van der Waals surface area contributed by atoms with Crippen LogP contribution in [-0.2, 0) is 20.2 Å². The number of nitrogens with one attached hydrogen (secondary N) is 1. The van der Waals surface area contributed by atoms with Crippen LogP contribution in [-0.4, -0.2) is 37.5 Å². The number of nitrogens with two attached hydrogens (primary N) is 1. The normalized spacial score (nSPS) is 13.0. The van der Waals surface area contributed by atoms with Crippen LogP contribution < -0.4 is 40.6 Å². The van der Waals surface area contributed by atoms with Gasteiger partial charge in [-0.15, -0.1) is 0 Å². The quantitative estimate of drug-likeness (QED) is 0.161. The number of hydrogen-bond acceptors (Lipinski definition) is 8. The minimum absolute atomic E-state index is 0. The Balaban J connectivity index is 0.00000204. The van der Waals surface area contributed by atoms with E-state index in [0.29, 0.717) is 0 Å². The van der Waals surface area contributed by atoms with Crippen molar-refractivity contribution in [3.05, 3.63) is 76.9 Å². The monoisotopic (exact) mass is 498 g/mol. The predicted molar refractivity (Wildman–Crippen MR) is 115 cm³/mol. The standard InChI is InChI=1S/C20H14N2O8S2.Na.H/c21-18-15(32(28,29)30)9-14(22-10-4-3-5-11(8-10)31(25,26)27)16-17(18)20(24)13-7-2-1-6-12(13)19(16)23;;/h1-9,22H,21H2,(H,25,26,27)(H,28,29,30);;/q;+1;-1. The molecule has 0 aliphatic heterocycles. The van der Waals surface area contributed by atoms with Crippen molar-refractivity contribution in [2.45, 2.75) is 9.79 Å². The third-order valence-corrected chi connectivity index (χ3v) is 6.63. The van der Waals surface area contributed by atoms with Crippen molar-refractivity contribution in [3.63, 3.8) is 0 Å². The summed E-state index contributed by atoms with van der Waals surface area (Å²) < 4.78 is 65.5. The summed E-state index contributed by atoms with van der Waals surface area (Å²) >= 11 is 0. The Bertz CT molecular complexity index is 1560. The second kappa shape index (κ2) is 8.65. The molecular formula is C20H15N2NaO8S2. The average molecular weight is 498 g/mol. The molecule has 0 amide bonds. The minimum Gasteiger partial charge on any atom is -1.00 e. The Morgan fingerprint density at radius 2 is 1.36 bits per heavy atom. The van der Waals surface area contributed by atoms with Crippen LogP contribution >= 0.6 is 0 Å². The number of ketones is 2. The summed E-state index contributed by atoms with van der Waals surface area (Å²) in [6.45, 7) is 0. The van der Waals surface area contributed by atoms with E-state index < -0.39 is 52.8 Å². The van der Waals surface area contributed by atoms with Crippen LogP contribution in [0.4, 0.5) is 17.1 Å². The first-order valence-electron chi connectivity index (χ1n) is 8.86. The molecule has 1 aliphatic carbocycles.